The van der Waals surface area contributed by atoms with Crippen LogP contribution in [0.4, 0.5) is 5.69 Å². The number of ether oxygens (including phenoxy) is 3. The van der Waals surface area contributed by atoms with Gasteiger partial charge in [-0.2, -0.15) is 0 Å². The molecule has 6 nitrogen and oxygen atoms in total. The molecule has 2 aromatic carbocycles. The van der Waals surface area contributed by atoms with Gasteiger partial charge < -0.3 is 19.1 Å². The summed E-state index contributed by atoms with van der Waals surface area (Å²) < 4.78 is 15.4. The minimum Gasteiger partial charge on any atom is -0.493 e. The van der Waals surface area contributed by atoms with Gasteiger partial charge >= 0.3 is 5.97 Å². The minimum atomic E-state index is -0.475. The van der Waals surface area contributed by atoms with E-state index in [-0.39, 0.29) is 12.5 Å². The Bertz CT molecular complexity index is 948. The Kier molecular flexibility index (Phi) is 6.22. The highest BCUT2D eigenvalue weighted by atomic mass is 16.6. The van der Waals surface area contributed by atoms with E-state index in [2.05, 4.69) is 18.6 Å². The molecule has 1 aliphatic rings. The van der Waals surface area contributed by atoms with Crippen molar-refractivity contribution in [1.29, 1.82) is 0 Å². The Hall–Kier alpha value is -3.28. The molecule has 0 aliphatic carbocycles. The van der Waals surface area contributed by atoms with Crippen LogP contribution >= 0.6 is 0 Å². The number of nitrogens with zero attached hydrogens (tertiary/aromatic N) is 1. The molecule has 0 spiro atoms. The van der Waals surface area contributed by atoms with Gasteiger partial charge in [0, 0.05) is 17.7 Å². The molecule has 2 aromatic rings. The first-order valence-electron chi connectivity index (χ1n) is 9.45. The Morgan fingerprint density at radius 3 is 2.55 bits per heavy atom. The molecule has 152 valence electrons. The fraction of sp³-hybridized carbons (Fsp3) is 0.304. The van der Waals surface area contributed by atoms with Crippen LogP contribution in [0.2, 0.25) is 0 Å². The van der Waals surface area contributed by atoms with Crippen LogP contribution in [0.15, 0.2) is 42.5 Å². The molecule has 0 fully saturated rings. The molecule has 0 atom stereocenters. The highest BCUT2D eigenvalue weighted by Crippen LogP contribution is 2.39. The number of hydrogen-bond donors (Lipinski definition) is 0. The smallest absolute Gasteiger partial charge is 0.343 e. The molecule has 1 amide bonds. The monoisotopic (exact) mass is 395 g/mol. The Balaban J connectivity index is 1.93. The summed E-state index contributed by atoms with van der Waals surface area (Å²) in [5, 5.41) is 0. The molecule has 0 N–H and O–H groups in total. The number of para-hydroxylation sites is 1. The molecule has 0 aromatic heterocycles. The first-order valence-corrected chi connectivity index (χ1v) is 9.45. The number of hydrogen-bond acceptors (Lipinski definition) is 5. The number of anilines is 1. The van der Waals surface area contributed by atoms with Crippen LogP contribution < -0.4 is 14.4 Å². The van der Waals surface area contributed by atoms with E-state index in [9.17, 15) is 9.59 Å². The second-order valence-corrected chi connectivity index (χ2v) is 7.16. The highest BCUT2D eigenvalue weighted by molar-refractivity contribution is 6.35. The van der Waals surface area contributed by atoms with Crippen molar-refractivity contribution in [1.82, 2.24) is 0 Å². The van der Waals surface area contributed by atoms with Crippen LogP contribution in [0.5, 0.6) is 11.5 Å². The molecule has 1 aliphatic heterocycles. The van der Waals surface area contributed by atoms with Gasteiger partial charge in [0.1, 0.15) is 0 Å². The molecule has 0 radical (unpaired) electrons. The van der Waals surface area contributed by atoms with Crippen molar-refractivity contribution in [3.05, 3.63) is 53.6 Å². The third kappa shape index (κ3) is 4.42. The van der Waals surface area contributed by atoms with Crippen molar-refractivity contribution in [2.45, 2.75) is 13.8 Å². The van der Waals surface area contributed by atoms with Gasteiger partial charge in [0.05, 0.1) is 19.9 Å². The summed E-state index contributed by atoms with van der Waals surface area (Å²) in [4.78, 5) is 26.2. The van der Waals surface area contributed by atoms with Crippen LogP contribution in [0.1, 0.15) is 25.0 Å². The summed E-state index contributed by atoms with van der Waals surface area (Å²) in [7, 11) is 2.83. The Labute approximate surface area is 170 Å². The van der Waals surface area contributed by atoms with E-state index >= 15 is 0 Å². The number of carbonyl (C=O) groups is 2. The van der Waals surface area contributed by atoms with Gasteiger partial charge in [-0.05, 0) is 35.8 Å². The zero-order chi connectivity index (χ0) is 21.0. The van der Waals surface area contributed by atoms with E-state index < -0.39 is 5.97 Å². The van der Waals surface area contributed by atoms with Crippen molar-refractivity contribution in [3.63, 3.8) is 0 Å². The third-order valence-electron chi connectivity index (χ3n) is 4.58. The van der Waals surface area contributed by atoms with E-state index in [0.29, 0.717) is 29.5 Å². The molecule has 0 saturated carbocycles. The van der Waals surface area contributed by atoms with Crippen molar-refractivity contribution in [2.24, 2.45) is 5.92 Å². The molecular weight excluding hydrogens is 370 g/mol. The van der Waals surface area contributed by atoms with Crippen molar-refractivity contribution in [3.8, 4) is 11.5 Å². The van der Waals surface area contributed by atoms with E-state index in [4.69, 9.17) is 9.47 Å². The maximum absolute atomic E-state index is 13.1. The van der Waals surface area contributed by atoms with E-state index in [1.807, 2.05) is 41.3 Å². The lowest BCUT2D eigenvalue weighted by atomic mass is 10.0. The van der Waals surface area contributed by atoms with Gasteiger partial charge in [0.15, 0.2) is 18.1 Å². The van der Waals surface area contributed by atoms with Gasteiger partial charge in [-0.1, -0.05) is 38.1 Å². The van der Waals surface area contributed by atoms with E-state index in [1.165, 1.54) is 14.2 Å². The number of amides is 1. The number of fused-ring (bicyclic) bond motifs is 1. The lowest BCUT2D eigenvalue weighted by Gasteiger charge is -2.19. The molecular formula is C23H25NO5. The zero-order valence-electron chi connectivity index (χ0n) is 17.1. The second kappa shape index (κ2) is 8.82. The molecule has 29 heavy (non-hydrogen) atoms. The van der Waals surface area contributed by atoms with Crippen molar-refractivity contribution in [2.75, 3.05) is 32.3 Å². The fourth-order valence-corrected chi connectivity index (χ4v) is 3.25. The normalized spacial score (nSPS) is 14.3. The summed E-state index contributed by atoms with van der Waals surface area (Å²) >= 11 is 0. The average molecular weight is 395 g/mol. The average Bonchev–Trinajstić information content (AvgIpc) is 2.98. The first kappa shape index (κ1) is 20.5. The molecule has 0 saturated heterocycles. The van der Waals surface area contributed by atoms with E-state index in [0.717, 1.165) is 16.8 Å². The standard InChI is InChI=1S/C23H25NO5/c1-15(2)13-24-19-8-6-5-7-17(19)18(23(24)26)11-16-9-10-20(21(12-16)27-3)29-14-22(25)28-4/h5-12,15H,13-14H2,1-4H3/b18-11-. The topological polar surface area (TPSA) is 65.1 Å². The van der Waals surface area contributed by atoms with Crippen LogP contribution in [0.3, 0.4) is 0 Å². The Morgan fingerprint density at radius 1 is 1.10 bits per heavy atom. The number of methoxy groups -OCH3 is 2. The summed E-state index contributed by atoms with van der Waals surface area (Å²) in [6.45, 7) is 4.64. The summed E-state index contributed by atoms with van der Waals surface area (Å²) in [5.74, 6) is 0.778. The number of rotatable bonds is 7. The zero-order valence-corrected chi connectivity index (χ0v) is 17.1. The van der Waals surface area contributed by atoms with Gasteiger partial charge in [-0.25, -0.2) is 4.79 Å². The number of carbonyl (C=O) groups excluding carboxylic acids is 2. The highest BCUT2D eigenvalue weighted by Gasteiger charge is 2.32. The summed E-state index contributed by atoms with van der Waals surface area (Å²) in [5.41, 5.74) is 3.30. The van der Waals surface area contributed by atoms with Crippen molar-refractivity contribution >= 4 is 29.2 Å². The van der Waals surface area contributed by atoms with Gasteiger partial charge in [0.2, 0.25) is 0 Å². The first-order chi connectivity index (χ1) is 13.9. The molecule has 6 heteroatoms. The van der Waals surface area contributed by atoms with Crippen molar-refractivity contribution < 1.29 is 23.8 Å². The predicted octanol–water partition coefficient (Wildman–Crippen LogP) is 3.79. The Morgan fingerprint density at radius 2 is 1.86 bits per heavy atom. The largest absolute Gasteiger partial charge is 0.493 e. The van der Waals surface area contributed by atoms with Gasteiger partial charge in [-0.15, -0.1) is 0 Å². The lowest BCUT2D eigenvalue weighted by Crippen LogP contribution is -2.30. The quantitative estimate of drug-likeness (QED) is 0.527. The molecule has 0 bridgehead atoms. The summed E-state index contributed by atoms with van der Waals surface area (Å²) in [6.07, 6.45) is 1.86. The minimum absolute atomic E-state index is 0.00937. The molecule has 0 unspecified atom stereocenters. The fourth-order valence-electron chi connectivity index (χ4n) is 3.25. The summed E-state index contributed by atoms with van der Waals surface area (Å²) in [6, 6.07) is 13.1. The lowest BCUT2D eigenvalue weighted by molar-refractivity contribution is -0.142. The third-order valence-corrected chi connectivity index (χ3v) is 4.58. The second-order valence-electron chi connectivity index (χ2n) is 7.16. The van der Waals surface area contributed by atoms with Crippen LogP contribution in [-0.4, -0.2) is 39.2 Å². The predicted molar refractivity (Wildman–Crippen MR) is 112 cm³/mol. The van der Waals surface area contributed by atoms with Gasteiger partial charge in [0.25, 0.3) is 5.91 Å². The van der Waals surface area contributed by atoms with Crippen LogP contribution in [-0.2, 0) is 14.3 Å². The SMILES string of the molecule is COC(=O)COc1ccc(/C=C2\C(=O)N(CC(C)C)c3ccccc32)cc1OC. The number of esters is 1. The molecule has 3 rings (SSSR count). The van der Waals surface area contributed by atoms with E-state index in [1.54, 1.807) is 12.1 Å². The van der Waals surface area contributed by atoms with Crippen LogP contribution in [0, 0.1) is 5.92 Å². The van der Waals surface area contributed by atoms with Crippen LogP contribution in [0.25, 0.3) is 11.6 Å². The molecule has 1 heterocycles. The maximum Gasteiger partial charge on any atom is 0.343 e. The number of benzene rings is 2. The van der Waals surface area contributed by atoms with Gasteiger partial charge in [-0.3, -0.25) is 4.79 Å². The maximum atomic E-state index is 13.1.